The summed E-state index contributed by atoms with van der Waals surface area (Å²) in [7, 11) is -3.38. The molecule has 0 bridgehead atoms. The van der Waals surface area contributed by atoms with E-state index >= 15 is 0 Å². The average molecular weight is 318 g/mol. The quantitative estimate of drug-likeness (QED) is 0.763. The minimum Gasteiger partial charge on any atom is -0.329 e. The van der Waals surface area contributed by atoms with Crippen molar-refractivity contribution in [1.29, 1.82) is 0 Å². The van der Waals surface area contributed by atoms with Crippen LogP contribution < -0.4 is 15.8 Å². The molecule has 8 heteroatoms. The van der Waals surface area contributed by atoms with Crippen LogP contribution in [0.1, 0.15) is 12.8 Å². The molecule has 1 amide bonds. The summed E-state index contributed by atoms with van der Waals surface area (Å²) in [5.74, 6) is -0.182. The number of halogens is 1. The number of rotatable bonds is 5. The molecule has 0 saturated heterocycles. The third-order valence-electron chi connectivity index (χ3n) is 3.24. The van der Waals surface area contributed by atoms with Crippen molar-refractivity contribution in [3.8, 4) is 0 Å². The minimum atomic E-state index is -3.38. The normalized spacial score (nSPS) is 16.6. The van der Waals surface area contributed by atoms with Crippen molar-refractivity contribution in [3.63, 3.8) is 0 Å². The molecule has 0 atom stereocenters. The van der Waals surface area contributed by atoms with E-state index in [2.05, 4.69) is 10.0 Å². The second-order valence-electron chi connectivity index (χ2n) is 5.01. The highest BCUT2D eigenvalue weighted by molar-refractivity contribution is 7.92. The third kappa shape index (κ3) is 3.41. The molecule has 0 unspecified atom stereocenters. The highest BCUT2D eigenvalue weighted by atomic mass is 35.5. The van der Waals surface area contributed by atoms with Gasteiger partial charge in [0, 0.05) is 6.54 Å². The molecular weight excluding hydrogens is 302 g/mol. The van der Waals surface area contributed by atoms with E-state index in [1.165, 1.54) is 18.2 Å². The van der Waals surface area contributed by atoms with E-state index in [0.717, 1.165) is 19.1 Å². The molecule has 6 nitrogen and oxygen atoms in total. The van der Waals surface area contributed by atoms with Crippen LogP contribution in [0.15, 0.2) is 18.2 Å². The van der Waals surface area contributed by atoms with Crippen molar-refractivity contribution in [2.45, 2.75) is 12.8 Å². The maximum Gasteiger partial charge on any atom is 0.231 e. The van der Waals surface area contributed by atoms with Gasteiger partial charge in [0.2, 0.25) is 15.9 Å². The van der Waals surface area contributed by atoms with Gasteiger partial charge in [0.15, 0.2) is 0 Å². The van der Waals surface area contributed by atoms with Crippen LogP contribution in [0.2, 0.25) is 5.02 Å². The lowest BCUT2D eigenvalue weighted by Gasteiger charge is -2.15. The van der Waals surface area contributed by atoms with Gasteiger partial charge in [-0.2, -0.15) is 0 Å². The Balaban J connectivity index is 2.19. The van der Waals surface area contributed by atoms with Crippen LogP contribution in [0, 0.1) is 5.41 Å². The Hall–Kier alpha value is -1.31. The Morgan fingerprint density at radius 1 is 1.45 bits per heavy atom. The van der Waals surface area contributed by atoms with E-state index in [1.54, 1.807) is 0 Å². The first kappa shape index (κ1) is 15.1. The van der Waals surface area contributed by atoms with Crippen LogP contribution in [0.3, 0.4) is 0 Å². The van der Waals surface area contributed by atoms with Gasteiger partial charge in [0.1, 0.15) is 0 Å². The van der Waals surface area contributed by atoms with Gasteiger partial charge in [0.05, 0.1) is 28.1 Å². The third-order valence-corrected chi connectivity index (χ3v) is 4.18. The maximum absolute atomic E-state index is 12.1. The number of hydrogen-bond acceptors (Lipinski definition) is 4. The van der Waals surface area contributed by atoms with Crippen LogP contribution >= 0.6 is 11.6 Å². The smallest absolute Gasteiger partial charge is 0.231 e. The second-order valence-corrected chi connectivity index (χ2v) is 7.16. The molecule has 1 fully saturated rings. The number of amides is 1. The topological polar surface area (TPSA) is 101 Å². The zero-order valence-corrected chi connectivity index (χ0v) is 12.5. The van der Waals surface area contributed by atoms with E-state index in [1.807, 2.05) is 0 Å². The van der Waals surface area contributed by atoms with Gasteiger partial charge in [-0.05, 0) is 31.0 Å². The van der Waals surface area contributed by atoms with Crippen LogP contribution in [0.5, 0.6) is 0 Å². The van der Waals surface area contributed by atoms with Crippen LogP contribution in [0.25, 0.3) is 0 Å². The lowest BCUT2D eigenvalue weighted by Crippen LogP contribution is -2.30. The van der Waals surface area contributed by atoms with Crippen molar-refractivity contribution in [1.82, 2.24) is 0 Å². The van der Waals surface area contributed by atoms with Crippen molar-refractivity contribution < 1.29 is 13.2 Å². The van der Waals surface area contributed by atoms with Gasteiger partial charge in [-0.25, -0.2) is 8.42 Å². The Bertz CT molecular complexity index is 641. The summed E-state index contributed by atoms with van der Waals surface area (Å²) >= 11 is 6.00. The zero-order chi connectivity index (χ0) is 15.0. The largest absolute Gasteiger partial charge is 0.329 e. The van der Waals surface area contributed by atoms with Gasteiger partial charge in [-0.15, -0.1) is 0 Å². The van der Waals surface area contributed by atoms with E-state index in [0.29, 0.717) is 16.4 Å². The molecule has 1 aliphatic rings. The molecular formula is C12H16ClN3O3S. The number of nitrogens with two attached hydrogens (primary N) is 1. The summed E-state index contributed by atoms with van der Waals surface area (Å²) < 4.78 is 24.7. The number of carbonyl (C=O) groups excluding carboxylic acids is 1. The zero-order valence-electron chi connectivity index (χ0n) is 10.9. The highest BCUT2D eigenvalue weighted by Gasteiger charge is 2.48. The van der Waals surface area contributed by atoms with Crippen molar-refractivity contribution in [3.05, 3.63) is 23.2 Å². The highest BCUT2D eigenvalue weighted by Crippen LogP contribution is 2.45. The van der Waals surface area contributed by atoms with Crippen LogP contribution in [-0.2, 0) is 14.8 Å². The molecule has 1 aliphatic carbocycles. The summed E-state index contributed by atoms with van der Waals surface area (Å²) in [6.45, 7) is 0.289. The van der Waals surface area contributed by atoms with E-state index < -0.39 is 15.4 Å². The van der Waals surface area contributed by atoms with Crippen LogP contribution in [0.4, 0.5) is 11.4 Å². The Morgan fingerprint density at radius 3 is 2.60 bits per heavy atom. The number of hydrogen-bond donors (Lipinski definition) is 3. The SMILES string of the molecule is CS(=O)(=O)Nc1ccc(Cl)c(NC(=O)C2(CN)CC2)c1. The standard InChI is InChI=1S/C12H16ClN3O3S/c1-20(18,19)16-8-2-3-9(13)10(6-8)15-11(17)12(7-14)4-5-12/h2-3,6,16H,4-5,7,14H2,1H3,(H,15,17). The average Bonchev–Trinajstić information content (AvgIpc) is 3.12. The first-order chi connectivity index (χ1) is 9.26. The maximum atomic E-state index is 12.1. The summed E-state index contributed by atoms with van der Waals surface area (Å²) in [5.41, 5.74) is 5.80. The number of benzene rings is 1. The summed E-state index contributed by atoms with van der Waals surface area (Å²) in [6.07, 6.45) is 2.57. The molecule has 20 heavy (non-hydrogen) atoms. The van der Waals surface area contributed by atoms with E-state index in [-0.39, 0.29) is 12.5 Å². The molecule has 0 heterocycles. The monoisotopic (exact) mass is 317 g/mol. The molecule has 0 spiro atoms. The number of carbonyl (C=O) groups is 1. The van der Waals surface area contributed by atoms with Crippen molar-refractivity contribution in [2.24, 2.45) is 11.1 Å². The molecule has 1 aromatic carbocycles. The minimum absolute atomic E-state index is 0.182. The lowest BCUT2D eigenvalue weighted by molar-refractivity contribution is -0.120. The van der Waals surface area contributed by atoms with Crippen LogP contribution in [-0.4, -0.2) is 27.1 Å². The van der Waals surface area contributed by atoms with Gasteiger partial charge in [-0.3, -0.25) is 9.52 Å². The molecule has 2 rings (SSSR count). The number of nitrogens with one attached hydrogen (secondary N) is 2. The van der Waals surface area contributed by atoms with Crippen molar-refractivity contribution in [2.75, 3.05) is 22.8 Å². The molecule has 0 aliphatic heterocycles. The first-order valence-electron chi connectivity index (χ1n) is 6.05. The van der Waals surface area contributed by atoms with Gasteiger partial charge < -0.3 is 11.1 Å². The predicted octanol–water partition coefficient (Wildman–Crippen LogP) is 1.39. The van der Waals surface area contributed by atoms with Gasteiger partial charge >= 0.3 is 0 Å². The Kier molecular flexibility index (Phi) is 3.95. The molecule has 0 radical (unpaired) electrons. The summed E-state index contributed by atoms with van der Waals surface area (Å²) in [4.78, 5) is 12.1. The molecule has 1 saturated carbocycles. The fourth-order valence-corrected chi connectivity index (χ4v) is 2.55. The number of anilines is 2. The Morgan fingerprint density at radius 2 is 2.10 bits per heavy atom. The number of sulfonamides is 1. The predicted molar refractivity (Wildman–Crippen MR) is 79.3 cm³/mol. The van der Waals surface area contributed by atoms with Crippen molar-refractivity contribution >= 4 is 38.9 Å². The van der Waals surface area contributed by atoms with E-state index in [4.69, 9.17) is 17.3 Å². The summed E-state index contributed by atoms with van der Waals surface area (Å²) in [5, 5.41) is 3.04. The summed E-state index contributed by atoms with van der Waals surface area (Å²) in [6, 6.07) is 4.52. The first-order valence-corrected chi connectivity index (χ1v) is 8.32. The molecule has 0 aromatic heterocycles. The fourth-order valence-electron chi connectivity index (χ4n) is 1.83. The lowest BCUT2D eigenvalue weighted by atomic mass is 10.1. The fraction of sp³-hybridized carbons (Fsp3) is 0.417. The van der Waals surface area contributed by atoms with Gasteiger partial charge in [-0.1, -0.05) is 11.6 Å². The molecule has 4 N–H and O–H groups in total. The van der Waals surface area contributed by atoms with Gasteiger partial charge in [0.25, 0.3) is 0 Å². The molecule has 1 aromatic rings. The second kappa shape index (κ2) is 5.23. The molecule has 110 valence electrons. The van der Waals surface area contributed by atoms with E-state index in [9.17, 15) is 13.2 Å². The Labute approximate surface area is 122 Å².